The SMILES string of the molecule is CC1Cc2ccccc2N1C(=O)N[C@@H](CC(N)=O)C(=O)O. The van der Waals surface area contributed by atoms with Crippen molar-refractivity contribution in [1.29, 1.82) is 0 Å². The number of hydrogen-bond acceptors (Lipinski definition) is 3. The van der Waals surface area contributed by atoms with E-state index in [1.54, 1.807) is 0 Å². The van der Waals surface area contributed by atoms with E-state index in [1.165, 1.54) is 4.90 Å². The summed E-state index contributed by atoms with van der Waals surface area (Å²) in [6, 6.07) is 5.50. The van der Waals surface area contributed by atoms with E-state index in [9.17, 15) is 14.4 Å². The van der Waals surface area contributed by atoms with Gasteiger partial charge in [-0.25, -0.2) is 9.59 Å². The number of anilines is 1. The minimum atomic E-state index is -1.32. The van der Waals surface area contributed by atoms with Crippen molar-refractivity contribution in [2.75, 3.05) is 4.90 Å². The van der Waals surface area contributed by atoms with Gasteiger partial charge in [0.1, 0.15) is 6.04 Å². The van der Waals surface area contributed by atoms with Gasteiger partial charge in [-0.2, -0.15) is 0 Å². The fraction of sp³-hybridized carbons (Fsp3) is 0.357. The first-order valence-corrected chi connectivity index (χ1v) is 6.59. The van der Waals surface area contributed by atoms with Crippen LogP contribution in [0.3, 0.4) is 0 Å². The quantitative estimate of drug-likeness (QED) is 0.748. The molecule has 4 N–H and O–H groups in total. The van der Waals surface area contributed by atoms with Gasteiger partial charge >= 0.3 is 12.0 Å². The van der Waals surface area contributed by atoms with Gasteiger partial charge in [0, 0.05) is 11.7 Å². The Hall–Kier alpha value is -2.57. The number of carbonyl (C=O) groups is 3. The molecule has 1 aliphatic heterocycles. The lowest BCUT2D eigenvalue weighted by Crippen LogP contribution is -2.51. The average molecular weight is 291 g/mol. The number of hydrogen-bond donors (Lipinski definition) is 3. The molecular weight excluding hydrogens is 274 g/mol. The average Bonchev–Trinajstić information content (AvgIpc) is 2.73. The number of carbonyl (C=O) groups excluding carboxylic acids is 2. The Morgan fingerprint density at radius 1 is 1.43 bits per heavy atom. The van der Waals surface area contributed by atoms with Crippen molar-refractivity contribution in [3.8, 4) is 0 Å². The molecule has 1 aliphatic rings. The summed E-state index contributed by atoms with van der Waals surface area (Å²) in [6.07, 6.45) is 0.266. The maximum Gasteiger partial charge on any atom is 0.326 e. The summed E-state index contributed by atoms with van der Waals surface area (Å²) < 4.78 is 0. The van der Waals surface area contributed by atoms with Gasteiger partial charge in [0.15, 0.2) is 0 Å². The summed E-state index contributed by atoms with van der Waals surface area (Å²) in [4.78, 5) is 35.8. The second kappa shape index (κ2) is 5.82. The van der Waals surface area contributed by atoms with E-state index in [4.69, 9.17) is 10.8 Å². The number of nitrogens with one attached hydrogen (secondary N) is 1. The zero-order valence-corrected chi connectivity index (χ0v) is 11.6. The Balaban J connectivity index is 2.16. The van der Waals surface area contributed by atoms with Crippen LogP contribution in [0, 0.1) is 0 Å². The van der Waals surface area contributed by atoms with Crippen molar-refractivity contribution in [3.05, 3.63) is 29.8 Å². The fourth-order valence-electron chi connectivity index (χ4n) is 2.49. The van der Waals surface area contributed by atoms with Crippen LogP contribution in [-0.2, 0) is 16.0 Å². The van der Waals surface area contributed by atoms with Gasteiger partial charge in [-0.15, -0.1) is 0 Å². The molecule has 7 heteroatoms. The molecular formula is C14H17N3O4. The maximum atomic E-state index is 12.3. The fourth-order valence-corrected chi connectivity index (χ4v) is 2.49. The smallest absolute Gasteiger partial charge is 0.326 e. The zero-order valence-electron chi connectivity index (χ0n) is 11.6. The van der Waals surface area contributed by atoms with Gasteiger partial charge < -0.3 is 16.2 Å². The Bertz CT molecular complexity index is 587. The molecule has 0 saturated heterocycles. The van der Waals surface area contributed by atoms with E-state index in [1.807, 2.05) is 31.2 Å². The molecule has 0 radical (unpaired) electrons. The molecule has 1 heterocycles. The summed E-state index contributed by atoms with van der Waals surface area (Å²) in [5.41, 5.74) is 6.78. The third-order valence-corrected chi connectivity index (χ3v) is 3.43. The first kappa shape index (κ1) is 14.8. The third kappa shape index (κ3) is 3.13. The molecule has 7 nitrogen and oxygen atoms in total. The Morgan fingerprint density at radius 2 is 2.10 bits per heavy atom. The topological polar surface area (TPSA) is 113 Å². The molecule has 2 rings (SSSR count). The second-order valence-corrected chi connectivity index (χ2v) is 5.06. The van der Waals surface area contributed by atoms with Gasteiger partial charge in [-0.05, 0) is 25.0 Å². The molecule has 3 amide bonds. The molecule has 2 atom stereocenters. The van der Waals surface area contributed by atoms with Crippen molar-refractivity contribution < 1.29 is 19.5 Å². The molecule has 0 aliphatic carbocycles. The number of nitrogens with zero attached hydrogens (tertiary/aromatic N) is 1. The van der Waals surface area contributed by atoms with Crippen LogP contribution in [0.2, 0.25) is 0 Å². The first-order chi connectivity index (χ1) is 9.90. The largest absolute Gasteiger partial charge is 0.480 e. The highest BCUT2D eigenvalue weighted by atomic mass is 16.4. The lowest BCUT2D eigenvalue weighted by Gasteiger charge is -2.25. The maximum absolute atomic E-state index is 12.3. The van der Waals surface area contributed by atoms with Crippen LogP contribution in [-0.4, -0.2) is 35.1 Å². The number of para-hydroxylation sites is 1. The second-order valence-electron chi connectivity index (χ2n) is 5.06. The normalized spacial score (nSPS) is 18.0. The van der Waals surface area contributed by atoms with Crippen molar-refractivity contribution in [3.63, 3.8) is 0 Å². The number of benzene rings is 1. The molecule has 112 valence electrons. The van der Waals surface area contributed by atoms with Crippen LogP contribution >= 0.6 is 0 Å². The number of amides is 3. The highest BCUT2D eigenvalue weighted by Crippen LogP contribution is 2.31. The van der Waals surface area contributed by atoms with E-state index in [-0.39, 0.29) is 6.04 Å². The van der Waals surface area contributed by atoms with Gasteiger partial charge in [0.05, 0.1) is 6.42 Å². The minimum Gasteiger partial charge on any atom is -0.480 e. The van der Waals surface area contributed by atoms with E-state index < -0.39 is 30.4 Å². The van der Waals surface area contributed by atoms with Gasteiger partial charge in [-0.3, -0.25) is 9.69 Å². The summed E-state index contributed by atoms with van der Waals surface area (Å²) in [6.45, 7) is 1.88. The van der Waals surface area contributed by atoms with Gasteiger partial charge in [-0.1, -0.05) is 18.2 Å². The van der Waals surface area contributed by atoms with Crippen molar-refractivity contribution in [2.45, 2.75) is 31.8 Å². The van der Waals surface area contributed by atoms with Crippen LogP contribution in [0.1, 0.15) is 18.9 Å². The van der Waals surface area contributed by atoms with Crippen molar-refractivity contribution in [1.82, 2.24) is 5.32 Å². The standard InChI is InChI=1S/C14H17N3O4/c1-8-6-9-4-2-3-5-11(9)17(8)14(21)16-10(13(19)20)7-12(15)18/h2-5,8,10H,6-7H2,1H3,(H2,15,18)(H,16,21)(H,19,20)/t8?,10-/m0/s1. The third-order valence-electron chi connectivity index (χ3n) is 3.43. The number of carboxylic acid groups (broad SMARTS) is 1. The molecule has 0 aromatic heterocycles. The van der Waals surface area contributed by atoms with Crippen LogP contribution in [0.15, 0.2) is 24.3 Å². The number of aliphatic carboxylic acids is 1. The number of fused-ring (bicyclic) bond motifs is 1. The highest BCUT2D eigenvalue weighted by molar-refractivity contribution is 5.97. The van der Waals surface area contributed by atoms with Crippen molar-refractivity contribution in [2.24, 2.45) is 5.73 Å². The van der Waals surface area contributed by atoms with Crippen LogP contribution in [0.25, 0.3) is 0 Å². The Morgan fingerprint density at radius 3 is 2.71 bits per heavy atom. The molecule has 0 spiro atoms. The predicted octanol–water partition coefficient (Wildman–Crippen LogP) is 0.476. The molecule has 1 unspecified atom stereocenters. The van der Waals surface area contributed by atoms with Crippen LogP contribution in [0.5, 0.6) is 0 Å². The summed E-state index contributed by atoms with van der Waals surface area (Å²) in [7, 11) is 0. The molecule has 1 aromatic rings. The van der Waals surface area contributed by atoms with E-state index in [0.717, 1.165) is 11.3 Å². The summed E-state index contributed by atoms with van der Waals surface area (Å²) >= 11 is 0. The lowest BCUT2D eigenvalue weighted by molar-refractivity contribution is -0.140. The Kier molecular flexibility index (Phi) is 4.11. The van der Waals surface area contributed by atoms with E-state index in [0.29, 0.717) is 6.42 Å². The zero-order chi connectivity index (χ0) is 15.6. The minimum absolute atomic E-state index is 0.0783. The molecule has 1 aromatic carbocycles. The molecule has 21 heavy (non-hydrogen) atoms. The summed E-state index contributed by atoms with van der Waals surface area (Å²) in [5.74, 6) is -2.07. The number of primary amides is 1. The number of carboxylic acids is 1. The van der Waals surface area contributed by atoms with Crippen LogP contribution < -0.4 is 16.0 Å². The van der Waals surface area contributed by atoms with E-state index in [2.05, 4.69) is 5.32 Å². The van der Waals surface area contributed by atoms with Gasteiger partial charge in [0.2, 0.25) is 5.91 Å². The number of urea groups is 1. The monoisotopic (exact) mass is 291 g/mol. The number of rotatable bonds is 4. The first-order valence-electron chi connectivity index (χ1n) is 6.59. The highest BCUT2D eigenvalue weighted by Gasteiger charge is 2.33. The van der Waals surface area contributed by atoms with Crippen molar-refractivity contribution >= 4 is 23.6 Å². The molecule has 0 bridgehead atoms. The van der Waals surface area contributed by atoms with E-state index >= 15 is 0 Å². The van der Waals surface area contributed by atoms with Gasteiger partial charge in [0.25, 0.3) is 0 Å². The molecule has 0 fully saturated rings. The lowest BCUT2D eigenvalue weighted by atomic mass is 10.1. The van der Waals surface area contributed by atoms with Crippen LogP contribution in [0.4, 0.5) is 10.5 Å². The Labute approximate surface area is 121 Å². The molecule has 0 saturated carbocycles. The predicted molar refractivity (Wildman–Crippen MR) is 75.9 cm³/mol. The summed E-state index contributed by atoms with van der Waals surface area (Å²) in [5, 5.41) is 11.4. The number of nitrogens with two attached hydrogens (primary N) is 1.